The molecule has 0 unspecified atom stereocenters. The Balaban J connectivity index is 1.76. The van der Waals surface area contributed by atoms with Crippen molar-refractivity contribution >= 4 is 0 Å². The van der Waals surface area contributed by atoms with Crippen LogP contribution in [0, 0.1) is 0 Å². The van der Waals surface area contributed by atoms with Gasteiger partial charge in [0.05, 0.1) is 0 Å². The summed E-state index contributed by atoms with van der Waals surface area (Å²) in [5, 5.41) is 4.12. The van der Waals surface area contributed by atoms with Crippen LogP contribution in [0.15, 0.2) is 4.52 Å². The fourth-order valence-electron chi connectivity index (χ4n) is 3.09. The number of rotatable bonds is 4. The average molecular weight is 251 g/mol. The first-order valence-corrected chi connectivity index (χ1v) is 6.83. The van der Waals surface area contributed by atoms with Crippen molar-refractivity contribution in [2.75, 3.05) is 7.11 Å². The van der Waals surface area contributed by atoms with Gasteiger partial charge in [0, 0.05) is 19.1 Å². The van der Waals surface area contributed by atoms with Gasteiger partial charge in [-0.1, -0.05) is 5.16 Å². The molecule has 0 saturated heterocycles. The minimum Gasteiger partial charge on any atom is -0.370 e. The summed E-state index contributed by atoms with van der Waals surface area (Å²) in [6.07, 6.45) is 8.31. The first-order valence-electron chi connectivity index (χ1n) is 6.83. The smallest absolute Gasteiger partial charge is 0.228 e. The summed E-state index contributed by atoms with van der Waals surface area (Å²) in [4.78, 5) is 4.52. The molecule has 0 amide bonds. The molecule has 2 saturated carbocycles. The van der Waals surface area contributed by atoms with E-state index in [2.05, 4.69) is 10.1 Å². The van der Waals surface area contributed by atoms with Crippen LogP contribution in [0.25, 0.3) is 0 Å². The van der Waals surface area contributed by atoms with Gasteiger partial charge in [-0.15, -0.1) is 0 Å². The lowest BCUT2D eigenvalue weighted by atomic mass is 9.75. The maximum atomic E-state index is 6.20. The molecule has 1 aromatic rings. The van der Waals surface area contributed by atoms with E-state index >= 15 is 0 Å². The highest BCUT2D eigenvalue weighted by molar-refractivity contribution is 5.07. The van der Waals surface area contributed by atoms with Gasteiger partial charge in [-0.3, -0.25) is 0 Å². The highest BCUT2D eigenvalue weighted by Crippen LogP contribution is 2.40. The average Bonchev–Trinajstić information content (AvgIpc) is 2.95. The predicted molar refractivity (Wildman–Crippen MR) is 65.9 cm³/mol. The standard InChI is InChI=1S/C13H21N3O2/c1-17-13(7-2-3-8-13)11-15-10(18-16-11)9-12(14)5-4-6-12/h2-9,14H2,1H3. The summed E-state index contributed by atoms with van der Waals surface area (Å²) < 4.78 is 11.0. The van der Waals surface area contributed by atoms with Gasteiger partial charge in [0.25, 0.3) is 0 Å². The van der Waals surface area contributed by atoms with Gasteiger partial charge in [-0.2, -0.15) is 4.98 Å². The molecule has 2 aliphatic rings. The minimum absolute atomic E-state index is 0.111. The van der Waals surface area contributed by atoms with Crippen LogP contribution in [0.4, 0.5) is 0 Å². The van der Waals surface area contributed by atoms with Gasteiger partial charge < -0.3 is 15.0 Å². The SMILES string of the molecule is COC1(c2noc(CC3(N)CCC3)n2)CCCC1. The maximum absolute atomic E-state index is 6.20. The van der Waals surface area contributed by atoms with E-state index in [1.807, 2.05) is 0 Å². The van der Waals surface area contributed by atoms with E-state index in [9.17, 15) is 0 Å². The van der Waals surface area contributed by atoms with Crippen LogP contribution in [0.2, 0.25) is 0 Å². The van der Waals surface area contributed by atoms with Gasteiger partial charge in [-0.05, 0) is 44.9 Å². The molecule has 0 aromatic carbocycles. The van der Waals surface area contributed by atoms with Gasteiger partial charge in [0.2, 0.25) is 11.7 Å². The predicted octanol–water partition coefficient (Wildman–Crippen LogP) is 1.91. The normalized spacial score (nSPS) is 25.0. The molecular weight excluding hydrogens is 230 g/mol. The molecule has 1 aromatic heterocycles. The number of nitrogens with zero attached hydrogens (tertiary/aromatic N) is 2. The van der Waals surface area contributed by atoms with Gasteiger partial charge in [-0.25, -0.2) is 0 Å². The summed E-state index contributed by atoms with van der Waals surface area (Å²) in [6, 6.07) is 0. The zero-order chi connectivity index (χ0) is 12.6. The van der Waals surface area contributed by atoms with E-state index in [1.165, 1.54) is 19.3 Å². The van der Waals surface area contributed by atoms with Crippen molar-refractivity contribution in [3.05, 3.63) is 11.7 Å². The number of hydrogen-bond donors (Lipinski definition) is 1. The first kappa shape index (κ1) is 12.1. The number of methoxy groups -OCH3 is 1. The van der Waals surface area contributed by atoms with Crippen LogP contribution >= 0.6 is 0 Å². The van der Waals surface area contributed by atoms with E-state index < -0.39 is 0 Å². The number of hydrogen-bond acceptors (Lipinski definition) is 5. The Kier molecular flexibility index (Phi) is 2.90. The van der Waals surface area contributed by atoms with Crippen LogP contribution in [0.5, 0.6) is 0 Å². The second-order valence-electron chi connectivity index (χ2n) is 5.81. The van der Waals surface area contributed by atoms with Crippen molar-refractivity contribution < 1.29 is 9.26 Å². The molecule has 5 heteroatoms. The number of ether oxygens (including phenoxy) is 1. The third kappa shape index (κ3) is 1.95. The maximum Gasteiger partial charge on any atom is 0.228 e. The molecule has 2 fully saturated rings. The van der Waals surface area contributed by atoms with E-state index in [1.54, 1.807) is 7.11 Å². The molecule has 1 heterocycles. The van der Waals surface area contributed by atoms with Crippen LogP contribution < -0.4 is 5.73 Å². The molecule has 0 aliphatic heterocycles. The summed E-state index contributed by atoms with van der Waals surface area (Å²) in [6.45, 7) is 0. The molecule has 2 N–H and O–H groups in total. The summed E-state index contributed by atoms with van der Waals surface area (Å²) in [5.41, 5.74) is 5.78. The Morgan fingerprint density at radius 1 is 1.22 bits per heavy atom. The molecule has 100 valence electrons. The number of aromatic nitrogens is 2. The van der Waals surface area contributed by atoms with Crippen molar-refractivity contribution in [3.63, 3.8) is 0 Å². The monoisotopic (exact) mass is 251 g/mol. The second kappa shape index (κ2) is 4.31. The van der Waals surface area contributed by atoms with Crippen molar-refractivity contribution in [2.24, 2.45) is 5.73 Å². The third-order valence-electron chi connectivity index (χ3n) is 4.53. The van der Waals surface area contributed by atoms with Gasteiger partial charge in [0.1, 0.15) is 5.60 Å². The molecule has 18 heavy (non-hydrogen) atoms. The molecule has 5 nitrogen and oxygen atoms in total. The Morgan fingerprint density at radius 2 is 1.94 bits per heavy atom. The van der Waals surface area contributed by atoms with E-state index in [0.717, 1.165) is 25.7 Å². The fourth-order valence-corrected chi connectivity index (χ4v) is 3.09. The summed E-state index contributed by atoms with van der Waals surface area (Å²) >= 11 is 0. The molecule has 2 aliphatic carbocycles. The van der Waals surface area contributed by atoms with Crippen LogP contribution in [-0.4, -0.2) is 22.8 Å². The molecule has 0 radical (unpaired) electrons. The summed E-state index contributed by atoms with van der Waals surface area (Å²) in [7, 11) is 1.73. The van der Waals surface area contributed by atoms with E-state index in [0.29, 0.717) is 18.1 Å². The van der Waals surface area contributed by atoms with Gasteiger partial charge >= 0.3 is 0 Å². The molecule has 0 bridgehead atoms. The highest BCUT2D eigenvalue weighted by Gasteiger charge is 2.41. The van der Waals surface area contributed by atoms with E-state index in [4.69, 9.17) is 15.0 Å². The van der Waals surface area contributed by atoms with Crippen molar-refractivity contribution in [1.29, 1.82) is 0 Å². The summed E-state index contributed by atoms with van der Waals surface area (Å²) in [5.74, 6) is 1.37. The lowest BCUT2D eigenvalue weighted by Gasteiger charge is -2.36. The second-order valence-corrected chi connectivity index (χ2v) is 5.81. The lowest BCUT2D eigenvalue weighted by Crippen LogP contribution is -2.48. The van der Waals surface area contributed by atoms with Crippen molar-refractivity contribution in [1.82, 2.24) is 10.1 Å². The molecule has 3 rings (SSSR count). The number of nitrogens with two attached hydrogens (primary N) is 1. The molecular formula is C13H21N3O2. The molecule has 0 atom stereocenters. The fraction of sp³-hybridized carbons (Fsp3) is 0.846. The minimum atomic E-state index is -0.316. The Bertz CT molecular complexity index is 420. The quantitative estimate of drug-likeness (QED) is 0.884. The van der Waals surface area contributed by atoms with E-state index in [-0.39, 0.29) is 11.1 Å². The lowest BCUT2D eigenvalue weighted by molar-refractivity contribution is -0.0178. The highest BCUT2D eigenvalue weighted by atomic mass is 16.5. The van der Waals surface area contributed by atoms with Crippen molar-refractivity contribution in [2.45, 2.75) is 62.5 Å². The Labute approximate surface area is 107 Å². The third-order valence-corrected chi connectivity index (χ3v) is 4.53. The van der Waals surface area contributed by atoms with Crippen molar-refractivity contribution in [3.8, 4) is 0 Å². The van der Waals surface area contributed by atoms with Crippen LogP contribution in [0.1, 0.15) is 56.7 Å². The zero-order valence-corrected chi connectivity index (χ0v) is 10.9. The Hall–Kier alpha value is -0.940. The zero-order valence-electron chi connectivity index (χ0n) is 10.9. The first-order chi connectivity index (χ1) is 8.66. The van der Waals surface area contributed by atoms with Crippen LogP contribution in [-0.2, 0) is 16.8 Å². The molecule has 0 spiro atoms. The van der Waals surface area contributed by atoms with Crippen LogP contribution in [0.3, 0.4) is 0 Å². The van der Waals surface area contributed by atoms with Gasteiger partial charge in [0.15, 0.2) is 0 Å². The Morgan fingerprint density at radius 3 is 2.50 bits per heavy atom. The topological polar surface area (TPSA) is 74.2 Å². The largest absolute Gasteiger partial charge is 0.370 e.